The predicted octanol–water partition coefficient (Wildman–Crippen LogP) is -1.08. The van der Waals surface area contributed by atoms with Crippen LogP contribution in [0.3, 0.4) is 0 Å². The van der Waals surface area contributed by atoms with E-state index in [1.54, 1.807) is 19.3 Å². The maximum atomic E-state index is 9.97. The number of aliphatic hydroxyl groups is 1. The van der Waals surface area contributed by atoms with Crippen molar-refractivity contribution in [2.75, 3.05) is 39.4 Å². The number of hydrogen-bond donors (Lipinski definition) is 3. The monoisotopic (exact) mass is 280 g/mol. The van der Waals surface area contributed by atoms with Gasteiger partial charge in [-0.15, -0.1) is 0 Å². The average Bonchev–Trinajstić information content (AvgIpc) is 2.49. The number of aromatic nitrogens is 1. The first-order valence-electron chi connectivity index (χ1n) is 6.91. The fourth-order valence-corrected chi connectivity index (χ4v) is 2.21. The molecule has 2 rings (SSSR count). The second kappa shape index (κ2) is 7.33. The lowest BCUT2D eigenvalue weighted by Gasteiger charge is -2.22. The van der Waals surface area contributed by atoms with Crippen LogP contribution in [-0.4, -0.2) is 60.8 Å². The number of nitrogens with zero attached hydrogens (tertiary/aromatic N) is 2. The van der Waals surface area contributed by atoms with Crippen molar-refractivity contribution in [2.45, 2.75) is 13.5 Å². The molecule has 1 aliphatic rings. The molecule has 6 heteroatoms. The summed E-state index contributed by atoms with van der Waals surface area (Å²) in [4.78, 5) is 9.87. The van der Waals surface area contributed by atoms with Gasteiger partial charge < -0.3 is 19.8 Å². The van der Waals surface area contributed by atoms with Crippen LogP contribution in [0.4, 0.5) is 0 Å². The van der Waals surface area contributed by atoms with E-state index in [4.69, 9.17) is 4.74 Å². The fourth-order valence-electron chi connectivity index (χ4n) is 2.21. The van der Waals surface area contributed by atoms with Crippen molar-refractivity contribution in [1.82, 2.24) is 4.98 Å². The van der Waals surface area contributed by atoms with Gasteiger partial charge in [0, 0.05) is 23.5 Å². The van der Waals surface area contributed by atoms with Crippen molar-refractivity contribution in [2.24, 2.45) is 4.99 Å². The molecule has 20 heavy (non-hydrogen) atoms. The molecule has 0 aliphatic carbocycles. The van der Waals surface area contributed by atoms with Gasteiger partial charge in [0.2, 0.25) is 0 Å². The Morgan fingerprint density at radius 1 is 1.45 bits per heavy atom. The Labute approximate surface area is 118 Å². The highest BCUT2D eigenvalue weighted by Gasteiger charge is 2.13. The quantitative estimate of drug-likeness (QED) is 0.600. The zero-order chi connectivity index (χ0) is 14.4. The number of rotatable bonds is 5. The van der Waals surface area contributed by atoms with Crippen molar-refractivity contribution in [1.29, 1.82) is 0 Å². The third-order valence-corrected chi connectivity index (χ3v) is 3.54. The largest absolute Gasteiger partial charge is 0.505 e. The molecule has 1 aromatic heterocycles. The summed E-state index contributed by atoms with van der Waals surface area (Å²) in [6, 6.07) is 0. The molecule has 0 spiro atoms. The van der Waals surface area contributed by atoms with Crippen molar-refractivity contribution in [3.63, 3.8) is 0 Å². The average molecular weight is 280 g/mol. The Bertz CT molecular complexity index is 471. The van der Waals surface area contributed by atoms with E-state index in [0.29, 0.717) is 23.4 Å². The minimum absolute atomic E-state index is 0.0963. The number of aromatic hydroxyl groups is 1. The molecule has 0 unspecified atom stereocenters. The zero-order valence-electron chi connectivity index (χ0n) is 11.8. The number of aryl methyl sites for hydroxylation is 1. The number of pyridine rings is 1. The lowest BCUT2D eigenvalue weighted by atomic mass is 10.1. The van der Waals surface area contributed by atoms with Gasteiger partial charge in [0.05, 0.1) is 38.6 Å². The molecule has 0 bridgehead atoms. The Morgan fingerprint density at radius 2 is 2.20 bits per heavy atom. The highest BCUT2D eigenvalue weighted by molar-refractivity contribution is 5.85. The number of hydrogen-bond acceptors (Lipinski definition) is 5. The normalized spacial score (nSPS) is 16.9. The molecule has 0 radical (unpaired) electrons. The molecule has 0 amide bonds. The Hall–Kier alpha value is -1.50. The number of nitrogens with one attached hydrogen (secondary N) is 1. The first kappa shape index (κ1) is 14.9. The van der Waals surface area contributed by atoms with E-state index in [2.05, 4.69) is 9.98 Å². The molecule has 1 fully saturated rings. The van der Waals surface area contributed by atoms with Crippen LogP contribution < -0.4 is 4.90 Å². The Kier molecular flexibility index (Phi) is 5.46. The molecule has 0 aromatic carbocycles. The number of aliphatic imine (C=N–C) groups is 1. The van der Waals surface area contributed by atoms with Crippen LogP contribution in [0.2, 0.25) is 0 Å². The van der Waals surface area contributed by atoms with Crippen LogP contribution >= 0.6 is 0 Å². The summed E-state index contributed by atoms with van der Waals surface area (Å²) in [6.45, 7) is 6.91. The van der Waals surface area contributed by atoms with Gasteiger partial charge in [-0.2, -0.15) is 0 Å². The standard InChI is InChI=1S/C14H21N3O3/c1-11-14(19)13(12(10-18)8-16-11)9-15-2-3-17-4-6-20-7-5-17/h8-9,18-19H,2-7,10H2,1H3/p+1. The lowest BCUT2D eigenvalue weighted by Crippen LogP contribution is -3.14. The van der Waals surface area contributed by atoms with Crippen LogP contribution in [0.15, 0.2) is 11.2 Å². The smallest absolute Gasteiger partial charge is 0.145 e. The van der Waals surface area contributed by atoms with E-state index < -0.39 is 0 Å². The molecule has 3 N–H and O–H groups in total. The van der Waals surface area contributed by atoms with E-state index in [1.807, 2.05) is 0 Å². The van der Waals surface area contributed by atoms with E-state index in [9.17, 15) is 10.2 Å². The number of morpholine rings is 1. The summed E-state index contributed by atoms with van der Waals surface area (Å²) < 4.78 is 5.31. The molecule has 110 valence electrons. The predicted molar refractivity (Wildman–Crippen MR) is 75.4 cm³/mol. The summed E-state index contributed by atoms with van der Waals surface area (Å²) in [5, 5.41) is 19.2. The molecule has 1 aliphatic heterocycles. The van der Waals surface area contributed by atoms with Crippen molar-refractivity contribution >= 4 is 6.21 Å². The molecular formula is C14H22N3O3+. The van der Waals surface area contributed by atoms with Gasteiger partial charge in [-0.1, -0.05) is 0 Å². The molecule has 0 atom stereocenters. The van der Waals surface area contributed by atoms with Crippen LogP contribution in [-0.2, 0) is 11.3 Å². The molecule has 6 nitrogen and oxygen atoms in total. The van der Waals surface area contributed by atoms with Crippen LogP contribution in [0.5, 0.6) is 5.75 Å². The third kappa shape index (κ3) is 3.75. The van der Waals surface area contributed by atoms with Crippen molar-refractivity contribution < 1.29 is 19.8 Å². The number of ether oxygens (including phenoxy) is 1. The Morgan fingerprint density at radius 3 is 2.90 bits per heavy atom. The van der Waals surface area contributed by atoms with Crippen LogP contribution in [0.25, 0.3) is 0 Å². The van der Waals surface area contributed by atoms with E-state index >= 15 is 0 Å². The second-order valence-electron chi connectivity index (χ2n) is 4.94. The van der Waals surface area contributed by atoms with Crippen molar-refractivity contribution in [3.05, 3.63) is 23.0 Å². The van der Waals surface area contributed by atoms with Gasteiger partial charge in [-0.05, 0) is 6.92 Å². The first-order chi connectivity index (χ1) is 9.72. The van der Waals surface area contributed by atoms with Gasteiger partial charge >= 0.3 is 0 Å². The highest BCUT2D eigenvalue weighted by atomic mass is 16.5. The molecule has 0 saturated carbocycles. The highest BCUT2D eigenvalue weighted by Crippen LogP contribution is 2.21. The molecule has 2 heterocycles. The van der Waals surface area contributed by atoms with Gasteiger partial charge in [0.1, 0.15) is 18.8 Å². The van der Waals surface area contributed by atoms with Gasteiger partial charge in [-0.25, -0.2) is 0 Å². The zero-order valence-corrected chi connectivity index (χ0v) is 11.8. The minimum Gasteiger partial charge on any atom is -0.505 e. The SMILES string of the molecule is Cc1ncc(CO)c(C=NCC[NH+]2CCOCC2)c1O. The van der Waals surface area contributed by atoms with E-state index in [0.717, 1.165) is 32.8 Å². The van der Waals surface area contributed by atoms with Gasteiger partial charge in [0.15, 0.2) is 0 Å². The van der Waals surface area contributed by atoms with E-state index in [1.165, 1.54) is 4.90 Å². The lowest BCUT2D eigenvalue weighted by molar-refractivity contribution is -0.906. The second-order valence-corrected chi connectivity index (χ2v) is 4.94. The maximum absolute atomic E-state index is 9.97. The van der Waals surface area contributed by atoms with Crippen LogP contribution in [0.1, 0.15) is 16.8 Å². The third-order valence-electron chi connectivity index (χ3n) is 3.54. The van der Waals surface area contributed by atoms with Crippen LogP contribution in [0, 0.1) is 6.92 Å². The summed E-state index contributed by atoms with van der Waals surface area (Å²) in [5.41, 5.74) is 1.70. The minimum atomic E-state index is -0.156. The fraction of sp³-hybridized carbons (Fsp3) is 0.571. The summed E-state index contributed by atoms with van der Waals surface area (Å²) in [6.07, 6.45) is 3.21. The summed E-state index contributed by atoms with van der Waals surface area (Å²) in [5.74, 6) is 0.0963. The number of quaternary nitrogens is 1. The first-order valence-corrected chi connectivity index (χ1v) is 6.91. The summed E-state index contributed by atoms with van der Waals surface area (Å²) in [7, 11) is 0. The summed E-state index contributed by atoms with van der Waals surface area (Å²) >= 11 is 0. The Balaban J connectivity index is 1.95. The van der Waals surface area contributed by atoms with E-state index in [-0.39, 0.29) is 12.4 Å². The molecule has 1 saturated heterocycles. The topological polar surface area (TPSA) is 79.4 Å². The molecule has 1 aromatic rings. The van der Waals surface area contributed by atoms with Gasteiger partial charge in [0.25, 0.3) is 0 Å². The van der Waals surface area contributed by atoms with Gasteiger partial charge in [-0.3, -0.25) is 9.98 Å². The molecular weight excluding hydrogens is 258 g/mol. The maximum Gasteiger partial charge on any atom is 0.145 e. The number of aliphatic hydroxyl groups excluding tert-OH is 1. The van der Waals surface area contributed by atoms with Crippen molar-refractivity contribution in [3.8, 4) is 5.75 Å².